The van der Waals surface area contributed by atoms with Crippen LogP contribution >= 0.6 is 0 Å². The first-order valence-electron chi connectivity index (χ1n) is 9.07. The molecule has 3 heterocycles. The molecule has 1 aromatic carbocycles. The van der Waals surface area contributed by atoms with Crippen LogP contribution in [0.3, 0.4) is 0 Å². The number of carbonyl (C=O) groups is 1. The second kappa shape index (κ2) is 7.28. The molecule has 1 aliphatic rings. The maximum Gasteiger partial charge on any atom is 0.254 e. The Balaban J connectivity index is 1.55. The van der Waals surface area contributed by atoms with E-state index in [0.29, 0.717) is 0 Å². The van der Waals surface area contributed by atoms with Crippen LogP contribution in [0.2, 0.25) is 0 Å². The van der Waals surface area contributed by atoms with Crippen molar-refractivity contribution in [1.82, 2.24) is 30.0 Å². The summed E-state index contributed by atoms with van der Waals surface area (Å²) in [6.07, 6.45) is 5.09. The maximum atomic E-state index is 12.8. The largest absolute Gasteiger partial charge is 0.333 e. The van der Waals surface area contributed by atoms with Gasteiger partial charge in [0, 0.05) is 43.0 Å². The number of aromatic nitrogens is 4. The molecule has 7 nitrogen and oxygen atoms in total. The summed E-state index contributed by atoms with van der Waals surface area (Å²) >= 11 is 0. The predicted octanol–water partition coefficient (Wildman–Crippen LogP) is 2.07. The van der Waals surface area contributed by atoms with Crippen LogP contribution in [0.25, 0.3) is 16.9 Å². The fourth-order valence-corrected chi connectivity index (χ4v) is 3.42. The predicted molar refractivity (Wildman–Crippen MR) is 103 cm³/mol. The Morgan fingerprint density at radius 1 is 1.15 bits per heavy atom. The van der Waals surface area contributed by atoms with Crippen molar-refractivity contribution in [3.8, 4) is 16.9 Å². The first-order valence-corrected chi connectivity index (χ1v) is 9.07. The molecule has 1 amide bonds. The number of hydrogen-bond acceptors (Lipinski definition) is 5. The van der Waals surface area contributed by atoms with Crippen molar-refractivity contribution in [2.45, 2.75) is 19.9 Å². The number of benzene rings is 1. The van der Waals surface area contributed by atoms with Crippen LogP contribution in [-0.4, -0.2) is 56.2 Å². The molecule has 1 saturated heterocycles. The number of nitrogens with zero attached hydrogens (tertiary/aromatic N) is 5. The van der Waals surface area contributed by atoms with E-state index in [-0.39, 0.29) is 11.9 Å². The molecule has 4 rings (SSSR count). The van der Waals surface area contributed by atoms with Gasteiger partial charge in [-0.2, -0.15) is 0 Å². The molecular formula is C20H22N6O. The molecule has 7 heteroatoms. The number of carbonyl (C=O) groups excluding carboxylic acids is 1. The van der Waals surface area contributed by atoms with E-state index in [4.69, 9.17) is 0 Å². The van der Waals surface area contributed by atoms with Gasteiger partial charge < -0.3 is 10.2 Å². The second-order valence-electron chi connectivity index (χ2n) is 6.86. The molecule has 1 N–H and O–H groups in total. The molecule has 138 valence electrons. The van der Waals surface area contributed by atoms with Crippen molar-refractivity contribution in [3.05, 3.63) is 60.3 Å². The summed E-state index contributed by atoms with van der Waals surface area (Å²) in [5.74, 6) is 0.899. The summed E-state index contributed by atoms with van der Waals surface area (Å²) in [4.78, 5) is 19.2. The average Bonchev–Trinajstić information content (AvgIpc) is 3.22. The van der Waals surface area contributed by atoms with Crippen LogP contribution in [0.4, 0.5) is 0 Å². The highest BCUT2D eigenvalue weighted by Gasteiger charge is 2.23. The van der Waals surface area contributed by atoms with E-state index in [2.05, 4.69) is 33.5 Å². The topological polar surface area (TPSA) is 75.9 Å². The van der Waals surface area contributed by atoms with Crippen LogP contribution < -0.4 is 5.32 Å². The minimum Gasteiger partial charge on any atom is -0.333 e. The van der Waals surface area contributed by atoms with E-state index >= 15 is 0 Å². The van der Waals surface area contributed by atoms with Crippen LogP contribution in [-0.2, 0) is 0 Å². The molecule has 27 heavy (non-hydrogen) atoms. The highest BCUT2D eigenvalue weighted by molar-refractivity contribution is 5.95. The van der Waals surface area contributed by atoms with E-state index in [1.807, 2.05) is 42.3 Å². The summed E-state index contributed by atoms with van der Waals surface area (Å²) < 4.78 is 1.79. The molecule has 0 bridgehead atoms. The van der Waals surface area contributed by atoms with Gasteiger partial charge in [0.1, 0.15) is 18.5 Å². The molecule has 1 aliphatic heterocycles. The lowest BCUT2D eigenvalue weighted by atomic mass is 10.0. The third-order valence-corrected chi connectivity index (χ3v) is 4.94. The monoisotopic (exact) mass is 362 g/mol. The average molecular weight is 362 g/mol. The van der Waals surface area contributed by atoms with Gasteiger partial charge in [-0.3, -0.25) is 9.36 Å². The Kier molecular flexibility index (Phi) is 4.68. The summed E-state index contributed by atoms with van der Waals surface area (Å²) in [5.41, 5.74) is 3.80. The summed E-state index contributed by atoms with van der Waals surface area (Å²) in [6, 6.07) is 10.1. The molecule has 0 aliphatic carbocycles. The standard InChI is InChI=1S/C20H22N6O/c1-14-9-18(11-22-19(14)25-12-23-24-13-25)16-3-5-17(6-4-16)20(27)26-8-7-21-10-15(26)2/h3-6,9,11-13,15,21H,7-8,10H2,1-2H3/t15-/m0/s1. The Labute approximate surface area is 158 Å². The van der Waals surface area contributed by atoms with Gasteiger partial charge in [-0.15, -0.1) is 10.2 Å². The van der Waals surface area contributed by atoms with Gasteiger partial charge in [-0.05, 0) is 43.2 Å². The SMILES string of the molecule is Cc1cc(-c2ccc(C(=O)N3CCNC[C@@H]3C)cc2)cnc1-n1cnnc1. The second-order valence-corrected chi connectivity index (χ2v) is 6.86. The lowest BCUT2D eigenvalue weighted by Gasteiger charge is -2.34. The normalized spacial score (nSPS) is 17.1. The molecule has 1 fully saturated rings. The number of rotatable bonds is 3. The van der Waals surface area contributed by atoms with Crippen molar-refractivity contribution in [3.63, 3.8) is 0 Å². The zero-order chi connectivity index (χ0) is 18.8. The van der Waals surface area contributed by atoms with Gasteiger partial charge in [-0.1, -0.05) is 12.1 Å². The summed E-state index contributed by atoms with van der Waals surface area (Å²) in [6.45, 7) is 6.51. The van der Waals surface area contributed by atoms with Crippen molar-refractivity contribution in [2.75, 3.05) is 19.6 Å². The fourth-order valence-electron chi connectivity index (χ4n) is 3.42. The highest BCUT2D eigenvalue weighted by atomic mass is 16.2. The molecule has 2 aromatic heterocycles. The Morgan fingerprint density at radius 3 is 2.56 bits per heavy atom. The van der Waals surface area contributed by atoms with Gasteiger partial charge in [0.05, 0.1) is 0 Å². The first kappa shape index (κ1) is 17.4. The Bertz CT molecular complexity index is 936. The lowest BCUT2D eigenvalue weighted by Crippen LogP contribution is -2.52. The third-order valence-electron chi connectivity index (χ3n) is 4.94. The van der Waals surface area contributed by atoms with Gasteiger partial charge in [-0.25, -0.2) is 4.98 Å². The van der Waals surface area contributed by atoms with E-state index < -0.39 is 0 Å². The Morgan fingerprint density at radius 2 is 1.89 bits per heavy atom. The lowest BCUT2D eigenvalue weighted by molar-refractivity contribution is 0.0656. The highest BCUT2D eigenvalue weighted by Crippen LogP contribution is 2.23. The van der Waals surface area contributed by atoms with Gasteiger partial charge in [0.15, 0.2) is 0 Å². The molecular weight excluding hydrogens is 340 g/mol. The third kappa shape index (κ3) is 3.46. The van der Waals surface area contributed by atoms with Crippen molar-refractivity contribution in [2.24, 2.45) is 0 Å². The van der Waals surface area contributed by atoms with Crippen LogP contribution in [0.15, 0.2) is 49.2 Å². The van der Waals surface area contributed by atoms with Crippen molar-refractivity contribution < 1.29 is 4.79 Å². The molecule has 3 aromatic rings. The van der Waals surface area contributed by atoms with E-state index in [1.54, 1.807) is 17.2 Å². The molecule has 0 unspecified atom stereocenters. The summed E-state index contributed by atoms with van der Waals surface area (Å²) in [7, 11) is 0. The quantitative estimate of drug-likeness (QED) is 0.772. The fraction of sp³-hybridized carbons (Fsp3) is 0.300. The van der Waals surface area contributed by atoms with Crippen molar-refractivity contribution >= 4 is 5.91 Å². The van der Waals surface area contributed by atoms with Crippen molar-refractivity contribution in [1.29, 1.82) is 0 Å². The van der Waals surface area contributed by atoms with Gasteiger partial charge >= 0.3 is 0 Å². The number of hydrogen-bond donors (Lipinski definition) is 1. The van der Waals surface area contributed by atoms with E-state index in [1.165, 1.54) is 0 Å². The van der Waals surface area contributed by atoms with Crippen LogP contribution in [0.1, 0.15) is 22.8 Å². The number of aryl methyl sites for hydroxylation is 1. The number of pyridine rings is 1. The zero-order valence-electron chi connectivity index (χ0n) is 15.5. The van der Waals surface area contributed by atoms with Crippen LogP contribution in [0.5, 0.6) is 0 Å². The molecule has 0 radical (unpaired) electrons. The van der Waals surface area contributed by atoms with E-state index in [9.17, 15) is 4.79 Å². The molecule has 0 saturated carbocycles. The summed E-state index contributed by atoms with van der Waals surface area (Å²) in [5, 5.41) is 11.0. The maximum absolute atomic E-state index is 12.8. The first-order chi connectivity index (χ1) is 13.1. The minimum atomic E-state index is 0.0906. The van der Waals surface area contributed by atoms with Crippen LogP contribution in [0, 0.1) is 6.92 Å². The Hall–Kier alpha value is -3.06. The smallest absolute Gasteiger partial charge is 0.254 e. The van der Waals surface area contributed by atoms with Gasteiger partial charge in [0.25, 0.3) is 5.91 Å². The minimum absolute atomic E-state index is 0.0906. The van der Waals surface area contributed by atoms with Gasteiger partial charge in [0.2, 0.25) is 0 Å². The zero-order valence-corrected chi connectivity index (χ0v) is 15.5. The molecule has 0 spiro atoms. The van der Waals surface area contributed by atoms with E-state index in [0.717, 1.165) is 47.7 Å². The molecule has 1 atom stereocenters. The number of amides is 1. The number of piperazine rings is 1. The number of nitrogens with one attached hydrogen (secondary N) is 1.